The molecule has 7 heteroatoms. The summed E-state index contributed by atoms with van der Waals surface area (Å²) in [5.41, 5.74) is 2.74. The summed E-state index contributed by atoms with van der Waals surface area (Å²) in [4.78, 5) is 13.8. The second-order valence-corrected chi connectivity index (χ2v) is 7.07. The second kappa shape index (κ2) is 8.39. The van der Waals surface area contributed by atoms with Gasteiger partial charge in [-0.1, -0.05) is 12.1 Å². The average molecular weight is 397 g/mol. The average Bonchev–Trinajstić information content (AvgIpc) is 3.01. The van der Waals surface area contributed by atoms with Crippen molar-refractivity contribution in [3.8, 4) is 6.07 Å². The van der Waals surface area contributed by atoms with Crippen molar-refractivity contribution in [2.24, 2.45) is 0 Å². The molecule has 0 spiro atoms. The maximum absolute atomic E-state index is 14.7. The molecule has 1 aromatic carbocycles. The van der Waals surface area contributed by atoms with E-state index in [0.29, 0.717) is 29.8 Å². The Morgan fingerprint density at radius 2 is 2.17 bits per heavy atom. The first-order valence-corrected chi connectivity index (χ1v) is 9.53. The standard InChI is InChI=1S/C22H24FN3O3/c1-5-26-20-11-15(28-4)7-8-16(20)17(12-24)21(26)14-6-9-19(18(23)10-14)25-22(27)29-13(2)3/h6-10,13,20H,5,11H2,1-4H3,(H,25,27). The Hall–Kier alpha value is -3.27. The van der Waals surface area contributed by atoms with Gasteiger partial charge in [0.1, 0.15) is 11.9 Å². The van der Waals surface area contributed by atoms with Crippen LogP contribution >= 0.6 is 0 Å². The van der Waals surface area contributed by atoms with Gasteiger partial charge in [-0.2, -0.15) is 5.26 Å². The molecule has 6 nitrogen and oxygen atoms in total. The summed E-state index contributed by atoms with van der Waals surface area (Å²) < 4.78 is 25.1. The molecule has 1 aliphatic carbocycles. The third kappa shape index (κ3) is 3.97. The maximum atomic E-state index is 14.7. The quantitative estimate of drug-likeness (QED) is 0.787. The zero-order valence-electron chi connectivity index (χ0n) is 17.0. The van der Waals surface area contributed by atoms with Gasteiger partial charge >= 0.3 is 6.09 Å². The van der Waals surface area contributed by atoms with E-state index in [0.717, 1.165) is 11.3 Å². The van der Waals surface area contributed by atoms with Crippen LogP contribution in [0.15, 0.2) is 47.3 Å². The highest BCUT2D eigenvalue weighted by molar-refractivity contribution is 5.86. The molecule has 1 unspecified atom stereocenters. The van der Waals surface area contributed by atoms with Crippen molar-refractivity contribution < 1.29 is 18.7 Å². The van der Waals surface area contributed by atoms with Crippen molar-refractivity contribution in [3.63, 3.8) is 0 Å². The first-order chi connectivity index (χ1) is 13.9. The fraction of sp³-hybridized carbons (Fsp3) is 0.364. The molecule has 1 aliphatic heterocycles. The number of fused-ring (bicyclic) bond motifs is 1. The number of anilines is 1. The van der Waals surface area contributed by atoms with E-state index in [1.807, 2.05) is 19.1 Å². The van der Waals surface area contributed by atoms with E-state index in [4.69, 9.17) is 9.47 Å². The number of benzene rings is 1. The van der Waals surface area contributed by atoms with Crippen LogP contribution < -0.4 is 5.32 Å². The third-order valence-corrected chi connectivity index (χ3v) is 4.93. The van der Waals surface area contributed by atoms with Crippen LogP contribution in [0.1, 0.15) is 32.8 Å². The lowest BCUT2D eigenvalue weighted by atomic mass is 9.94. The van der Waals surface area contributed by atoms with E-state index in [1.165, 1.54) is 12.1 Å². The Morgan fingerprint density at radius 1 is 1.41 bits per heavy atom. The number of methoxy groups -OCH3 is 1. The second-order valence-electron chi connectivity index (χ2n) is 7.07. The molecule has 1 atom stereocenters. The lowest BCUT2D eigenvalue weighted by Crippen LogP contribution is -2.32. The predicted octanol–water partition coefficient (Wildman–Crippen LogP) is 4.58. The highest BCUT2D eigenvalue weighted by atomic mass is 19.1. The van der Waals surface area contributed by atoms with Gasteiger partial charge in [-0.25, -0.2) is 9.18 Å². The zero-order valence-corrected chi connectivity index (χ0v) is 17.0. The number of hydrogen-bond donors (Lipinski definition) is 1. The number of carbonyl (C=O) groups excluding carboxylic acids is 1. The number of allylic oxidation sites excluding steroid dienone is 2. The van der Waals surface area contributed by atoms with Crippen LogP contribution in [0.4, 0.5) is 14.9 Å². The fourth-order valence-corrected chi connectivity index (χ4v) is 3.70. The van der Waals surface area contributed by atoms with E-state index in [-0.39, 0.29) is 17.8 Å². The van der Waals surface area contributed by atoms with E-state index in [1.54, 1.807) is 27.0 Å². The first-order valence-electron chi connectivity index (χ1n) is 9.53. The van der Waals surface area contributed by atoms with Crippen LogP contribution in [-0.2, 0) is 9.47 Å². The lowest BCUT2D eigenvalue weighted by molar-refractivity contribution is 0.130. The summed E-state index contributed by atoms with van der Waals surface area (Å²) in [5, 5.41) is 12.2. The molecule has 3 rings (SSSR count). The summed E-state index contributed by atoms with van der Waals surface area (Å²) in [6.45, 7) is 6.08. The van der Waals surface area contributed by atoms with Crippen molar-refractivity contribution in [1.29, 1.82) is 5.26 Å². The van der Waals surface area contributed by atoms with Crippen LogP contribution in [0.3, 0.4) is 0 Å². The minimum Gasteiger partial charge on any atom is -0.501 e. The van der Waals surface area contributed by atoms with Crippen LogP contribution in [0.25, 0.3) is 5.70 Å². The molecule has 0 saturated heterocycles. The summed E-state index contributed by atoms with van der Waals surface area (Å²) in [5.74, 6) is 0.244. The van der Waals surface area contributed by atoms with Crippen molar-refractivity contribution in [2.45, 2.75) is 39.3 Å². The zero-order chi connectivity index (χ0) is 21.1. The Balaban J connectivity index is 1.96. The highest BCUT2D eigenvalue weighted by Crippen LogP contribution is 2.43. The number of nitrogens with one attached hydrogen (secondary N) is 1. The van der Waals surface area contributed by atoms with E-state index in [2.05, 4.69) is 16.3 Å². The third-order valence-electron chi connectivity index (χ3n) is 4.93. The Bertz CT molecular complexity index is 957. The molecule has 0 fully saturated rings. The molecule has 0 radical (unpaired) electrons. The molecule has 1 N–H and O–H groups in total. The lowest BCUT2D eigenvalue weighted by Gasteiger charge is -2.30. The molecule has 1 heterocycles. The Morgan fingerprint density at radius 3 is 2.76 bits per heavy atom. The van der Waals surface area contributed by atoms with Gasteiger partial charge in [-0.15, -0.1) is 0 Å². The summed E-state index contributed by atoms with van der Waals surface area (Å²) >= 11 is 0. The monoisotopic (exact) mass is 397 g/mol. The van der Waals surface area contributed by atoms with E-state index < -0.39 is 11.9 Å². The molecule has 0 saturated carbocycles. The molecule has 0 bridgehead atoms. The normalized spacial score (nSPS) is 18.1. The van der Waals surface area contributed by atoms with Crippen LogP contribution in [-0.4, -0.2) is 36.8 Å². The Labute approximate surface area is 169 Å². The Kier molecular flexibility index (Phi) is 5.92. The molecule has 2 aliphatic rings. The molecule has 1 aromatic rings. The SMILES string of the molecule is CCN1C(c2ccc(NC(=O)OC(C)C)c(F)c2)=C(C#N)C2=CC=C(OC)CC21. The van der Waals surface area contributed by atoms with Gasteiger partial charge in [-0.3, -0.25) is 5.32 Å². The number of nitrogens with zero attached hydrogens (tertiary/aromatic N) is 2. The topological polar surface area (TPSA) is 74.6 Å². The molecule has 152 valence electrons. The van der Waals surface area contributed by atoms with Crippen LogP contribution in [0.5, 0.6) is 0 Å². The number of rotatable bonds is 5. The maximum Gasteiger partial charge on any atom is 0.411 e. The molecular formula is C22H24FN3O3. The number of amides is 1. The number of likely N-dealkylation sites (N-methyl/N-ethyl adjacent to an activating group) is 1. The number of halogens is 1. The van der Waals surface area contributed by atoms with E-state index >= 15 is 0 Å². The summed E-state index contributed by atoms with van der Waals surface area (Å²) in [6.07, 6.45) is 3.39. The summed E-state index contributed by atoms with van der Waals surface area (Å²) in [6, 6.07) is 6.78. The molecule has 1 amide bonds. The van der Waals surface area contributed by atoms with E-state index in [9.17, 15) is 14.4 Å². The van der Waals surface area contributed by atoms with Crippen molar-refractivity contribution in [2.75, 3.05) is 19.0 Å². The van der Waals surface area contributed by atoms with Gasteiger partial charge in [-0.05, 0) is 44.6 Å². The van der Waals surface area contributed by atoms with Gasteiger partial charge in [0.05, 0.1) is 42.0 Å². The minimum atomic E-state index is -0.714. The molecule has 29 heavy (non-hydrogen) atoms. The fourth-order valence-electron chi connectivity index (χ4n) is 3.70. The first kappa shape index (κ1) is 20.5. The predicted molar refractivity (Wildman–Crippen MR) is 108 cm³/mol. The molecular weight excluding hydrogens is 373 g/mol. The number of nitriles is 1. The van der Waals surface area contributed by atoms with Crippen LogP contribution in [0, 0.1) is 17.1 Å². The van der Waals surface area contributed by atoms with Gasteiger partial charge in [0.2, 0.25) is 0 Å². The van der Waals surface area contributed by atoms with Gasteiger partial charge in [0, 0.05) is 18.5 Å². The van der Waals surface area contributed by atoms with Gasteiger partial charge in [0.15, 0.2) is 0 Å². The highest BCUT2D eigenvalue weighted by Gasteiger charge is 2.38. The summed E-state index contributed by atoms with van der Waals surface area (Å²) in [7, 11) is 1.63. The van der Waals surface area contributed by atoms with Crippen LogP contribution in [0.2, 0.25) is 0 Å². The van der Waals surface area contributed by atoms with Gasteiger partial charge < -0.3 is 14.4 Å². The van der Waals surface area contributed by atoms with Crippen molar-refractivity contribution in [3.05, 3.63) is 58.6 Å². The van der Waals surface area contributed by atoms with Crippen molar-refractivity contribution in [1.82, 2.24) is 4.90 Å². The van der Waals surface area contributed by atoms with Gasteiger partial charge in [0.25, 0.3) is 0 Å². The number of carbonyl (C=O) groups is 1. The number of ether oxygens (including phenoxy) is 2. The van der Waals surface area contributed by atoms with Crippen molar-refractivity contribution >= 4 is 17.5 Å². The largest absolute Gasteiger partial charge is 0.501 e. The smallest absolute Gasteiger partial charge is 0.411 e. The minimum absolute atomic E-state index is 0.0218. The molecule has 0 aromatic heterocycles. The number of hydrogen-bond acceptors (Lipinski definition) is 5.